The van der Waals surface area contributed by atoms with E-state index in [0.29, 0.717) is 18.8 Å². The largest absolute Gasteiger partial charge is 0.488 e. The van der Waals surface area contributed by atoms with Crippen molar-refractivity contribution >= 4 is 5.84 Å². The van der Waals surface area contributed by atoms with Crippen molar-refractivity contribution in [3.05, 3.63) is 29.6 Å². The summed E-state index contributed by atoms with van der Waals surface area (Å²) in [6.45, 7) is 2.64. The Hall–Kier alpha value is -1.66. The van der Waals surface area contributed by atoms with E-state index in [1.54, 1.807) is 6.07 Å². The molecule has 1 unspecified atom stereocenters. The number of nitrogen functional groups attached to an aromatic ring is 1. The van der Waals surface area contributed by atoms with E-state index in [1.165, 1.54) is 12.1 Å². The number of likely N-dealkylation sites (N-methyl/N-ethyl adjacent to an activating group) is 1. The molecule has 19 heavy (non-hydrogen) atoms. The molecule has 1 aromatic carbocycles. The highest BCUT2D eigenvalue weighted by molar-refractivity contribution is 5.95. The predicted octanol–water partition coefficient (Wildman–Crippen LogP) is 0.819. The van der Waals surface area contributed by atoms with Gasteiger partial charge in [-0.05, 0) is 25.2 Å². The lowest BCUT2D eigenvalue weighted by atomic mass is 10.2. The molecule has 1 saturated heterocycles. The van der Waals surface area contributed by atoms with Gasteiger partial charge < -0.3 is 20.1 Å². The van der Waals surface area contributed by atoms with Gasteiger partial charge in [0.1, 0.15) is 18.5 Å². The number of halogens is 1. The summed E-state index contributed by atoms with van der Waals surface area (Å²) in [7, 11) is 2.01. The van der Waals surface area contributed by atoms with Crippen LogP contribution in [0, 0.1) is 11.2 Å². The molecule has 0 spiro atoms. The molecule has 6 heteroatoms. The van der Waals surface area contributed by atoms with E-state index < -0.39 is 5.82 Å². The lowest BCUT2D eigenvalue weighted by Crippen LogP contribution is -2.42. The fraction of sp³-hybridized carbons (Fsp3) is 0.462. The smallest absolute Gasteiger partial charge is 0.165 e. The normalized spacial score (nSPS) is 20.2. The molecule has 1 heterocycles. The van der Waals surface area contributed by atoms with Gasteiger partial charge >= 0.3 is 0 Å². The van der Waals surface area contributed by atoms with Crippen molar-refractivity contribution in [1.82, 2.24) is 4.90 Å². The number of ether oxygens (including phenoxy) is 2. The quantitative estimate of drug-likeness (QED) is 0.626. The summed E-state index contributed by atoms with van der Waals surface area (Å²) in [6.07, 6.45) is -0.0503. The van der Waals surface area contributed by atoms with Crippen LogP contribution in [0.3, 0.4) is 0 Å². The molecular formula is C13H18FN3O2. The summed E-state index contributed by atoms with van der Waals surface area (Å²) in [4.78, 5) is 2.15. The molecule has 1 aliphatic rings. The molecule has 0 bridgehead atoms. The van der Waals surface area contributed by atoms with Crippen LogP contribution in [0.2, 0.25) is 0 Å². The third kappa shape index (κ3) is 3.65. The Bertz CT molecular complexity index is 467. The molecule has 0 radical (unpaired) electrons. The predicted molar refractivity (Wildman–Crippen MR) is 70.1 cm³/mol. The fourth-order valence-electron chi connectivity index (χ4n) is 1.94. The van der Waals surface area contributed by atoms with Gasteiger partial charge in [0.25, 0.3) is 0 Å². The molecule has 1 fully saturated rings. The van der Waals surface area contributed by atoms with Gasteiger partial charge in [0, 0.05) is 18.7 Å². The maximum atomic E-state index is 13.7. The van der Waals surface area contributed by atoms with Gasteiger partial charge in [0.15, 0.2) is 11.6 Å². The number of hydrogen-bond donors (Lipinski definition) is 2. The van der Waals surface area contributed by atoms with Crippen LogP contribution < -0.4 is 10.5 Å². The monoisotopic (exact) mass is 267 g/mol. The zero-order valence-corrected chi connectivity index (χ0v) is 10.9. The minimum Gasteiger partial charge on any atom is -0.488 e. The van der Waals surface area contributed by atoms with Gasteiger partial charge in [0.2, 0.25) is 0 Å². The third-order valence-corrected chi connectivity index (χ3v) is 3.01. The first-order chi connectivity index (χ1) is 9.06. The van der Waals surface area contributed by atoms with E-state index >= 15 is 0 Å². The number of rotatable bonds is 4. The fourth-order valence-corrected chi connectivity index (χ4v) is 1.94. The lowest BCUT2D eigenvalue weighted by Gasteiger charge is -2.29. The highest BCUT2D eigenvalue weighted by Crippen LogP contribution is 2.19. The van der Waals surface area contributed by atoms with Crippen molar-refractivity contribution in [3.63, 3.8) is 0 Å². The highest BCUT2D eigenvalue weighted by Gasteiger charge is 2.18. The summed E-state index contributed by atoms with van der Waals surface area (Å²) in [5, 5.41) is 7.23. The van der Waals surface area contributed by atoms with Crippen molar-refractivity contribution in [2.24, 2.45) is 5.73 Å². The highest BCUT2D eigenvalue weighted by atomic mass is 19.1. The molecule has 5 nitrogen and oxygen atoms in total. The molecule has 0 aliphatic carbocycles. The first kappa shape index (κ1) is 13.8. The summed E-state index contributed by atoms with van der Waals surface area (Å²) in [5.41, 5.74) is 5.63. The third-order valence-electron chi connectivity index (χ3n) is 3.01. The Labute approximate surface area is 111 Å². The summed E-state index contributed by atoms with van der Waals surface area (Å²) in [6, 6.07) is 4.25. The van der Waals surface area contributed by atoms with Crippen molar-refractivity contribution in [1.29, 1.82) is 5.41 Å². The van der Waals surface area contributed by atoms with E-state index in [4.69, 9.17) is 20.6 Å². The van der Waals surface area contributed by atoms with Crippen molar-refractivity contribution in [2.75, 3.05) is 33.4 Å². The maximum absolute atomic E-state index is 13.7. The van der Waals surface area contributed by atoms with Crippen LogP contribution in [0.5, 0.6) is 5.75 Å². The molecule has 0 aromatic heterocycles. The van der Waals surface area contributed by atoms with Crippen LogP contribution >= 0.6 is 0 Å². The average Bonchev–Trinajstić information content (AvgIpc) is 2.37. The second kappa shape index (κ2) is 5.99. The van der Waals surface area contributed by atoms with E-state index in [2.05, 4.69) is 4.90 Å². The van der Waals surface area contributed by atoms with Crippen molar-refractivity contribution in [2.45, 2.75) is 6.10 Å². The molecular weight excluding hydrogens is 249 g/mol. The Morgan fingerprint density at radius 1 is 1.63 bits per heavy atom. The van der Waals surface area contributed by atoms with Crippen molar-refractivity contribution < 1.29 is 13.9 Å². The first-order valence-corrected chi connectivity index (χ1v) is 6.13. The molecule has 0 amide bonds. The van der Waals surface area contributed by atoms with Crippen LogP contribution in [-0.2, 0) is 4.74 Å². The molecule has 1 aromatic rings. The van der Waals surface area contributed by atoms with Crippen LogP contribution in [-0.4, -0.2) is 50.2 Å². The number of nitrogens with two attached hydrogens (primary N) is 1. The van der Waals surface area contributed by atoms with Crippen LogP contribution in [0.4, 0.5) is 4.39 Å². The Balaban J connectivity index is 1.94. The second-order valence-corrected chi connectivity index (χ2v) is 4.62. The molecule has 2 rings (SSSR count). The summed E-state index contributed by atoms with van der Waals surface area (Å²) < 4.78 is 24.7. The molecule has 104 valence electrons. The standard InChI is InChI=1S/C13H18FN3O2/c1-17-4-5-18-10(7-17)8-19-12-3-2-9(13(15)16)6-11(12)14/h2-3,6,10H,4-5,7-8H2,1H3,(H3,15,16). The maximum Gasteiger partial charge on any atom is 0.165 e. The molecule has 1 aliphatic heterocycles. The minimum absolute atomic E-state index is 0.0503. The average molecular weight is 267 g/mol. The minimum atomic E-state index is -0.517. The molecule has 1 atom stereocenters. The first-order valence-electron chi connectivity index (χ1n) is 6.13. The van der Waals surface area contributed by atoms with E-state index in [0.717, 1.165) is 13.1 Å². The van der Waals surface area contributed by atoms with E-state index in [-0.39, 0.29) is 17.7 Å². The topological polar surface area (TPSA) is 71.6 Å². The zero-order valence-electron chi connectivity index (χ0n) is 10.9. The van der Waals surface area contributed by atoms with Gasteiger partial charge in [0.05, 0.1) is 6.61 Å². The van der Waals surface area contributed by atoms with Crippen LogP contribution in [0.15, 0.2) is 18.2 Å². The van der Waals surface area contributed by atoms with Gasteiger partial charge in [-0.25, -0.2) is 4.39 Å². The van der Waals surface area contributed by atoms with Gasteiger partial charge in [-0.3, -0.25) is 5.41 Å². The number of hydrogen-bond acceptors (Lipinski definition) is 4. The van der Waals surface area contributed by atoms with Crippen LogP contribution in [0.1, 0.15) is 5.56 Å². The Kier molecular flexibility index (Phi) is 4.34. The zero-order chi connectivity index (χ0) is 13.8. The van der Waals surface area contributed by atoms with E-state index in [1.807, 2.05) is 7.05 Å². The number of benzene rings is 1. The van der Waals surface area contributed by atoms with Gasteiger partial charge in [-0.2, -0.15) is 0 Å². The Morgan fingerprint density at radius 3 is 3.05 bits per heavy atom. The van der Waals surface area contributed by atoms with Gasteiger partial charge in [-0.1, -0.05) is 0 Å². The van der Waals surface area contributed by atoms with Crippen molar-refractivity contribution in [3.8, 4) is 5.75 Å². The SMILES string of the molecule is CN1CCOC(COc2ccc(C(=N)N)cc2F)C1. The summed E-state index contributed by atoms with van der Waals surface area (Å²) >= 11 is 0. The van der Waals surface area contributed by atoms with E-state index in [9.17, 15) is 4.39 Å². The molecule has 0 saturated carbocycles. The number of nitrogens with zero attached hydrogens (tertiary/aromatic N) is 1. The Morgan fingerprint density at radius 2 is 2.42 bits per heavy atom. The lowest BCUT2D eigenvalue weighted by molar-refractivity contribution is -0.0408. The molecule has 3 N–H and O–H groups in total. The number of morpholine rings is 1. The summed E-state index contributed by atoms with van der Waals surface area (Å²) in [5.74, 6) is -0.527. The van der Waals surface area contributed by atoms with Crippen LogP contribution in [0.25, 0.3) is 0 Å². The number of amidine groups is 1. The number of nitrogens with one attached hydrogen (secondary N) is 1. The van der Waals surface area contributed by atoms with Gasteiger partial charge in [-0.15, -0.1) is 0 Å². The second-order valence-electron chi connectivity index (χ2n) is 4.62.